The molecular weight excluding hydrogens is 512 g/mol. The molecule has 1 aromatic carbocycles. The minimum absolute atomic E-state index is 0.204. The first-order chi connectivity index (χ1) is 19.0. The molecule has 0 bridgehead atoms. The summed E-state index contributed by atoms with van der Waals surface area (Å²) < 4.78 is 0. The highest BCUT2D eigenvalue weighted by molar-refractivity contribution is 6.33. The number of hydrazine groups is 1. The number of carbonyl (C=O) groups is 2. The van der Waals surface area contributed by atoms with Crippen molar-refractivity contribution in [2.75, 3.05) is 18.5 Å². The SMILES string of the molecule is NCC1CCCC(CNC(=O)c2cnc(NNC(=O)NC3C4=C(C=CCC4)CCc4ccccc43)c(Cl)c2)C1. The summed E-state index contributed by atoms with van der Waals surface area (Å²) in [6.07, 6.45) is 14.1. The van der Waals surface area contributed by atoms with Crippen molar-refractivity contribution >= 4 is 29.4 Å². The van der Waals surface area contributed by atoms with Gasteiger partial charge in [0.2, 0.25) is 0 Å². The Balaban J connectivity index is 1.18. The topological polar surface area (TPSA) is 121 Å². The largest absolute Gasteiger partial charge is 0.352 e. The zero-order valence-corrected chi connectivity index (χ0v) is 22.9. The highest BCUT2D eigenvalue weighted by atomic mass is 35.5. The molecule has 2 aromatic rings. The number of hydrogen-bond acceptors (Lipinski definition) is 5. The number of allylic oxidation sites excluding steroid dienone is 3. The fourth-order valence-electron chi connectivity index (χ4n) is 6.05. The second-order valence-electron chi connectivity index (χ2n) is 10.7. The molecule has 1 fully saturated rings. The first-order valence-electron chi connectivity index (χ1n) is 13.9. The molecule has 39 heavy (non-hydrogen) atoms. The number of nitrogens with zero attached hydrogens (tertiary/aromatic N) is 1. The van der Waals surface area contributed by atoms with Crippen LogP contribution in [0.4, 0.5) is 10.6 Å². The second kappa shape index (κ2) is 12.7. The summed E-state index contributed by atoms with van der Waals surface area (Å²) >= 11 is 6.41. The third kappa shape index (κ3) is 6.62. The van der Waals surface area contributed by atoms with Crippen molar-refractivity contribution in [2.24, 2.45) is 17.6 Å². The van der Waals surface area contributed by atoms with E-state index in [1.807, 2.05) is 12.1 Å². The number of fused-ring (bicyclic) bond motifs is 1. The number of carbonyl (C=O) groups excluding carboxylic acids is 2. The van der Waals surface area contributed by atoms with E-state index in [1.54, 1.807) is 6.07 Å². The molecule has 3 aliphatic carbocycles. The number of aryl methyl sites for hydroxylation is 1. The van der Waals surface area contributed by atoms with Gasteiger partial charge in [0.15, 0.2) is 5.82 Å². The molecule has 5 rings (SSSR count). The third-order valence-corrected chi connectivity index (χ3v) is 8.43. The van der Waals surface area contributed by atoms with Gasteiger partial charge in [-0.15, -0.1) is 0 Å². The van der Waals surface area contributed by atoms with Crippen LogP contribution in [0.5, 0.6) is 0 Å². The normalized spacial score (nSPS) is 22.3. The Bertz CT molecular complexity index is 1280. The monoisotopic (exact) mass is 548 g/mol. The summed E-state index contributed by atoms with van der Waals surface area (Å²) in [6.45, 7) is 1.32. The molecule has 6 N–H and O–H groups in total. The number of pyridine rings is 1. The standard InChI is InChI=1S/C30H37ClN6O2/c31-26-15-23(29(38)34-17-20-7-5-6-19(14-20)16-32)18-33-28(26)36-37-30(39)35-27-24-10-3-1-8-21(24)12-13-22-9-2-4-11-25(22)27/h1-3,8-10,15,18-20,27H,4-7,11-14,16-17,32H2,(H,33,36)(H,34,38)(H2,35,37,39). The maximum Gasteiger partial charge on any atom is 0.334 e. The number of urea groups is 1. The number of amides is 3. The van der Waals surface area contributed by atoms with Crippen LogP contribution in [0.3, 0.4) is 0 Å². The molecule has 3 unspecified atom stereocenters. The van der Waals surface area contributed by atoms with E-state index in [4.69, 9.17) is 17.3 Å². The summed E-state index contributed by atoms with van der Waals surface area (Å²) in [6, 6.07) is 9.25. The fraction of sp³-hybridized carbons (Fsp3) is 0.433. The molecule has 0 radical (unpaired) electrons. The Hall–Kier alpha value is -3.36. The van der Waals surface area contributed by atoms with Gasteiger partial charge in [-0.1, -0.05) is 54.4 Å². The lowest BCUT2D eigenvalue weighted by molar-refractivity contribution is 0.0940. The zero-order chi connectivity index (χ0) is 27.2. The van der Waals surface area contributed by atoms with E-state index >= 15 is 0 Å². The predicted molar refractivity (Wildman–Crippen MR) is 154 cm³/mol. The van der Waals surface area contributed by atoms with Gasteiger partial charge >= 0.3 is 6.03 Å². The molecule has 9 heteroatoms. The van der Waals surface area contributed by atoms with Crippen LogP contribution in [-0.2, 0) is 6.42 Å². The maximum atomic E-state index is 13.0. The summed E-state index contributed by atoms with van der Waals surface area (Å²) in [7, 11) is 0. The molecular formula is C30H37ClN6O2. The van der Waals surface area contributed by atoms with Gasteiger partial charge in [0, 0.05) is 12.7 Å². The van der Waals surface area contributed by atoms with Crippen molar-refractivity contribution < 1.29 is 9.59 Å². The highest BCUT2D eigenvalue weighted by Crippen LogP contribution is 2.38. The van der Waals surface area contributed by atoms with E-state index < -0.39 is 0 Å². The average molecular weight is 549 g/mol. The molecule has 206 valence electrons. The molecule has 8 nitrogen and oxygen atoms in total. The van der Waals surface area contributed by atoms with E-state index in [0.717, 1.165) is 50.5 Å². The number of nitrogens with two attached hydrogens (primary N) is 1. The first-order valence-corrected chi connectivity index (χ1v) is 14.3. The molecule has 3 amide bonds. The molecule has 1 saturated carbocycles. The van der Waals surface area contributed by atoms with E-state index in [2.05, 4.69) is 50.8 Å². The highest BCUT2D eigenvalue weighted by Gasteiger charge is 2.27. The van der Waals surface area contributed by atoms with E-state index in [9.17, 15) is 9.59 Å². The zero-order valence-electron chi connectivity index (χ0n) is 22.1. The Labute approximate surface area is 234 Å². The number of rotatable bonds is 7. The van der Waals surface area contributed by atoms with Crippen LogP contribution in [0.25, 0.3) is 0 Å². The number of benzene rings is 1. The van der Waals surface area contributed by atoms with Gasteiger partial charge in [-0.25, -0.2) is 9.78 Å². The van der Waals surface area contributed by atoms with Crippen molar-refractivity contribution in [1.82, 2.24) is 21.0 Å². The summed E-state index contributed by atoms with van der Waals surface area (Å²) in [5, 5.41) is 6.39. The quantitative estimate of drug-likeness (QED) is 0.305. The molecule has 0 aliphatic heterocycles. The maximum absolute atomic E-state index is 13.0. The Morgan fingerprint density at radius 2 is 1.95 bits per heavy atom. The van der Waals surface area contributed by atoms with Gasteiger partial charge in [-0.05, 0) is 91.7 Å². The summed E-state index contributed by atoms with van der Waals surface area (Å²) in [5.41, 5.74) is 16.6. The summed E-state index contributed by atoms with van der Waals surface area (Å²) in [5.74, 6) is 1.04. The van der Waals surface area contributed by atoms with Gasteiger partial charge in [0.25, 0.3) is 5.91 Å². The van der Waals surface area contributed by atoms with Crippen molar-refractivity contribution in [3.63, 3.8) is 0 Å². The Morgan fingerprint density at radius 1 is 1.10 bits per heavy atom. The smallest absolute Gasteiger partial charge is 0.334 e. The number of aromatic nitrogens is 1. The van der Waals surface area contributed by atoms with Gasteiger partial charge in [0.05, 0.1) is 16.6 Å². The first kappa shape index (κ1) is 27.2. The van der Waals surface area contributed by atoms with E-state index in [-0.39, 0.29) is 28.8 Å². The molecule has 0 saturated heterocycles. The van der Waals surface area contributed by atoms with E-state index in [0.29, 0.717) is 30.5 Å². The lowest BCUT2D eigenvalue weighted by Crippen LogP contribution is -2.42. The van der Waals surface area contributed by atoms with Gasteiger partial charge in [0.1, 0.15) is 0 Å². The number of anilines is 1. The van der Waals surface area contributed by atoms with Crippen molar-refractivity contribution in [3.8, 4) is 0 Å². The van der Waals surface area contributed by atoms with Gasteiger partial charge < -0.3 is 16.4 Å². The molecule has 1 heterocycles. The minimum atomic E-state index is -0.388. The number of nitrogens with one attached hydrogen (secondary N) is 4. The van der Waals surface area contributed by atoms with Crippen molar-refractivity contribution in [1.29, 1.82) is 0 Å². The van der Waals surface area contributed by atoms with Crippen molar-refractivity contribution in [3.05, 3.63) is 81.5 Å². The van der Waals surface area contributed by atoms with Gasteiger partial charge in [-0.2, -0.15) is 0 Å². The lowest BCUT2D eigenvalue weighted by Gasteiger charge is -2.28. The second-order valence-corrected chi connectivity index (χ2v) is 11.2. The summed E-state index contributed by atoms with van der Waals surface area (Å²) in [4.78, 5) is 29.9. The molecule has 3 aliphatic rings. The van der Waals surface area contributed by atoms with Crippen LogP contribution in [0.15, 0.2) is 59.8 Å². The molecule has 3 atom stereocenters. The van der Waals surface area contributed by atoms with Crippen LogP contribution < -0.4 is 27.2 Å². The third-order valence-electron chi connectivity index (χ3n) is 8.14. The van der Waals surface area contributed by atoms with Crippen LogP contribution in [0.2, 0.25) is 5.02 Å². The van der Waals surface area contributed by atoms with Crippen LogP contribution in [0, 0.1) is 11.8 Å². The number of hydrogen-bond donors (Lipinski definition) is 5. The van der Waals surface area contributed by atoms with Crippen LogP contribution >= 0.6 is 11.6 Å². The van der Waals surface area contributed by atoms with Gasteiger partial charge in [-0.3, -0.25) is 15.6 Å². The predicted octanol–water partition coefficient (Wildman–Crippen LogP) is 5.19. The fourth-order valence-corrected chi connectivity index (χ4v) is 6.26. The van der Waals surface area contributed by atoms with Crippen molar-refractivity contribution in [2.45, 2.75) is 57.4 Å². The average Bonchev–Trinajstić information content (AvgIpc) is 3.12. The van der Waals surface area contributed by atoms with Crippen LogP contribution in [0.1, 0.15) is 72.5 Å². The van der Waals surface area contributed by atoms with Crippen LogP contribution in [-0.4, -0.2) is 30.0 Å². The Morgan fingerprint density at radius 3 is 2.79 bits per heavy atom. The molecule has 1 aromatic heterocycles. The number of halogens is 1. The van der Waals surface area contributed by atoms with E-state index in [1.165, 1.54) is 29.3 Å². The lowest BCUT2D eigenvalue weighted by atomic mass is 9.81. The molecule has 0 spiro atoms. The Kier molecular flexibility index (Phi) is 8.84. The minimum Gasteiger partial charge on any atom is -0.352 e.